The molecule has 33 heavy (non-hydrogen) atoms. The Labute approximate surface area is 194 Å². The largest absolute Gasteiger partial charge is 0.394 e. The van der Waals surface area contributed by atoms with Crippen LogP contribution in [0.1, 0.15) is 23.0 Å². The third-order valence-corrected chi connectivity index (χ3v) is 5.54. The molecule has 0 saturated carbocycles. The molecule has 0 aliphatic carbocycles. The summed E-state index contributed by atoms with van der Waals surface area (Å²) in [5.74, 6) is -0.997. The molecule has 172 valence electrons. The lowest BCUT2D eigenvalue weighted by molar-refractivity contribution is 0.0832. The molecule has 3 heterocycles. The van der Waals surface area contributed by atoms with Crippen molar-refractivity contribution in [3.05, 3.63) is 75.2 Å². The minimum Gasteiger partial charge on any atom is -0.394 e. The monoisotopic (exact) mass is 472 g/mol. The molecule has 0 radical (unpaired) electrons. The fourth-order valence-corrected chi connectivity index (χ4v) is 3.77. The number of fused-ring (bicyclic) bond motifs is 1. The Kier molecular flexibility index (Phi) is 6.73. The smallest absolute Gasteiger partial charge is 0.259 e. The van der Waals surface area contributed by atoms with E-state index in [4.69, 9.17) is 16.3 Å². The molecule has 10 heteroatoms. The van der Waals surface area contributed by atoms with E-state index >= 15 is 0 Å². The van der Waals surface area contributed by atoms with Crippen molar-refractivity contribution in [1.29, 1.82) is 0 Å². The second-order valence-corrected chi connectivity index (χ2v) is 8.09. The van der Waals surface area contributed by atoms with E-state index in [2.05, 4.69) is 15.6 Å². The number of hydrogen-bond donors (Lipinski definition) is 3. The maximum atomic E-state index is 14.6. The first-order chi connectivity index (χ1) is 15.9. The van der Waals surface area contributed by atoms with Crippen LogP contribution in [-0.4, -0.2) is 39.8 Å². The fraction of sp³-hybridized carbons (Fsp3) is 0.261. The third-order valence-electron chi connectivity index (χ3n) is 5.30. The molecular weight excluding hydrogens is 451 g/mol. The average molecular weight is 473 g/mol. The maximum absolute atomic E-state index is 14.6. The Morgan fingerprint density at radius 2 is 2.12 bits per heavy atom. The van der Waals surface area contributed by atoms with Crippen LogP contribution in [-0.2, 0) is 17.9 Å². The van der Waals surface area contributed by atoms with Gasteiger partial charge in [0.2, 0.25) is 0 Å². The number of ether oxygens (including phenoxy) is 1. The normalized spacial score (nSPS) is 13.8. The molecule has 1 aliphatic heterocycles. The second-order valence-electron chi connectivity index (χ2n) is 7.66. The number of carbonyl (C=O) groups is 1. The van der Waals surface area contributed by atoms with Gasteiger partial charge in [-0.3, -0.25) is 14.6 Å². The van der Waals surface area contributed by atoms with Gasteiger partial charge in [-0.15, -0.1) is 0 Å². The van der Waals surface area contributed by atoms with Gasteiger partial charge in [0.05, 0.1) is 48.0 Å². The van der Waals surface area contributed by atoms with Crippen LogP contribution in [0.5, 0.6) is 0 Å². The number of aromatic nitrogens is 2. The molecule has 1 atom stereocenters. The molecule has 2 aromatic heterocycles. The van der Waals surface area contributed by atoms with E-state index in [1.54, 1.807) is 13.0 Å². The highest BCUT2D eigenvalue weighted by molar-refractivity contribution is 6.30. The van der Waals surface area contributed by atoms with E-state index in [1.807, 2.05) is 0 Å². The number of carbonyl (C=O) groups excluding carboxylic acids is 1. The lowest BCUT2D eigenvalue weighted by Gasteiger charge is -2.24. The van der Waals surface area contributed by atoms with Crippen molar-refractivity contribution >= 4 is 28.9 Å². The van der Waals surface area contributed by atoms with Crippen LogP contribution in [0.15, 0.2) is 47.5 Å². The molecule has 0 fully saturated rings. The highest BCUT2D eigenvalue weighted by atomic mass is 35.5. The van der Waals surface area contributed by atoms with Gasteiger partial charge < -0.3 is 25.0 Å². The summed E-state index contributed by atoms with van der Waals surface area (Å²) in [7, 11) is 0. The van der Waals surface area contributed by atoms with Crippen LogP contribution in [0, 0.1) is 5.82 Å². The quantitative estimate of drug-likeness (QED) is 0.509. The summed E-state index contributed by atoms with van der Waals surface area (Å²) in [5.41, 5.74) is 1.60. The highest BCUT2D eigenvalue weighted by Crippen LogP contribution is 2.31. The predicted molar refractivity (Wildman–Crippen MR) is 122 cm³/mol. The van der Waals surface area contributed by atoms with Gasteiger partial charge in [0.15, 0.2) is 0 Å². The standard InChI is InChI=1S/C23H22ClFN4O4/c1-13(11-30)27-22(31)17-10-26-5-4-19(17)28-20-9-16(15-8-14(24)2-3-18(15)25)23(32)29-6-7-33-12-21(20)29/h2-5,8-10,13,30H,6-7,11-12H2,1H3,(H,26,28)(H,27,31). The van der Waals surface area contributed by atoms with Gasteiger partial charge in [0.25, 0.3) is 11.5 Å². The van der Waals surface area contributed by atoms with E-state index < -0.39 is 17.8 Å². The SMILES string of the molecule is CC(CO)NC(=O)c1cnccc1Nc1cc(-c2cc(Cl)ccc2F)c(=O)n2c1COCC2. The van der Waals surface area contributed by atoms with E-state index in [0.29, 0.717) is 35.2 Å². The number of benzene rings is 1. The summed E-state index contributed by atoms with van der Waals surface area (Å²) < 4.78 is 21.7. The maximum Gasteiger partial charge on any atom is 0.259 e. The number of pyridine rings is 2. The third kappa shape index (κ3) is 4.75. The lowest BCUT2D eigenvalue weighted by atomic mass is 10.0. The minimum atomic E-state index is -0.572. The summed E-state index contributed by atoms with van der Waals surface area (Å²) in [4.78, 5) is 29.9. The number of anilines is 2. The molecule has 1 aromatic carbocycles. The molecule has 1 amide bonds. The van der Waals surface area contributed by atoms with Gasteiger partial charge >= 0.3 is 0 Å². The Hall–Kier alpha value is -3.27. The van der Waals surface area contributed by atoms with E-state index in [1.165, 1.54) is 41.2 Å². The molecule has 8 nitrogen and oxygen atoms in total. The van der Waals surface area contributed by atoms with Gasteiger partial charge in [-0.05, 0) is 37.3 Å². The number of nitrogens with one attached hydrogen (secondary N) is 2. The van der Waals surface area contributed by atoms with Crippen LogP contribution in [0.2, 0.25) is 5.02 Å². The number of amides is 1. The van der Waals surface area contributed by atoms with Crippen LogP contribution in [0.4, 0.5) is 15.8 Å². The van der Waals surface area contributed by atoms with Gasteiger partial charge in [-0.2, -0.15) is 0 Å². The molecule has 3 aromatic rings. The topological polar surface area (TPSA) is 105 Å². The summed E-state index contributed by atoms with van der Waals surface area (Å²) in [6.07, 6.45) is 2.92. The van der Waals surface area contributed by atoms with Crippen molar-refractivity contribution in [3.63, 3.8) is 0 Å². The van der Waals surface area contributed by atoms with Gasteiger partial charge in [-0.1, -0.05) is 11.6 Å². The molecule has 0 bridgehead atoms. The summed E-state index contributed by atoms with van der Waals surface area (Å²) in [6.45, 7) is 2.27. The van der Waals surface area contributed by atoms with E-state index in [9.17, 15) is 19.1 Å². The summed E-state index contributed by atoms with van der Waals surface area (Å²) in [5, 5.41) is 15.4. The molecule has 1 unspecified atom stereocenters. The molecule has 0 spiro atoms. The number of halogens is 2. The summed E-state index contributed by atoms with van der Waals surface area (Å²) in [6, 6.07) is 6.74. The van der Waals surface area contributed by atoms with Crippen molar-refractivity contribution in [3.8, 4) is 11.1 Å². The Morgan fingerprint density at radius 3 is 2.91 bits per heavy atom. The highest BCUT2D eigenvalue weighted by Gasteiger charge is 2.22. The fourth-order valence-electron chi connectivity index (χ4n) is 3.60. The zero-order chi connectivity index (χ0) is 23.5. The number of aliphatic hydroxyl groups excluding tert-OH is 1. The van der Waals surface area contributed by atoms with Crippen molar-refractivity contribution in [2.75, 3.05) is 18.5 Å². The van der Waals surface area contributed by atoms with Crippen molar-refractivity contribution in [1.82, 2.24) is 14.9 Å². The number of aliphatic hydroxyl groups is 1. The van der Waals surface area contributed by atoms with Crippen LogP contribution >= 0.6 is 11.6 Å². The molecular formula is C23H22ClFN4O4. The number of rotatable bonds is 6. The van der Waals surface area contributed by atoms with E-state index in [0.717, 1.165) is 0 Å². The van der Waals surface area contributed by atoms with Crippen molar-refractivity contribution < 1.29 is 19.0 Å². The Bertz CT molecular complexity index is 1260. The zero-order valence-corrected chi connectivity index (χ0v) is 18.5. The molecule has 4 rings (SSSR count). The first-order valence-corrected chi connectivity index (χ1v) is 10.7. The lowest BCUT2D eigenvalue weighted by Crippen LogP contribution is -2.35. The first kappa shape index (κ1) is 22.9. The van der Waals surface area contributed by atoms with Gasteiger partial charge in [0.1, 0.15) is 5.82 Å². The van der Waals surface area contributed by atoms with Crippen LogP contribution < -0.4 is 16.2 Å². The molecule has 0 saturated heterocycles. The predicted octanol–water partition coefficient (Wildman–Crippen LogP) is 3.09. The van der Waals surface area contributed by atoms with Crippen LogP contribution in [0.3, 0.4) is 0 Å². The van der Waals surface area contributed by atoms with Crippen LogP contribution in [0.25, 0.3) is 11.1 Å². The average Bonchev–Trinajstić information content (AvgIpc) is 2.82. The minimum absolute atomic E-state index is 0.0850. The van der Waals surface area contributed by atoms with Gasteiger partial charge in [0, 0.05) is 35.6 Å². The summed E-state index contributed by atoms with van der Waals surface area (Å²) >= 11 is 6.06. The number of nitrogens with zero attached hydrogens (tertiary/aromatic N) is 2. The second kappa shape index (κ2) is 9.70. The van der Waals surface area contributed by atoms with E-state index in [-0.39, 0.29) is 35.5 Å². The molecule has 1 aliphatic rings. The Morgan fingerprint density at radius 1 is 1.30 bits per heavy atom. The van der Waals surface area contributed by atoms with Crippen molar-refractivity contribution in [2.24, 2.45) is 0 Å². The van der Waals surface area contributed by atoms with Gasteiger partial charge in [-0.25, -0.2) is 4.39 Å². The zero-order valence-electron chi connectivity index (χ0n) is 17.8. The van der Waals surface area contributed by atoms with Crippen molar-refractivity contribution in [2.45, 2.75) is 26.1 Å². The number of hydrogen-bond acceptors (Lipinski definition) is 6. The first-order valence-electron chi connectivity index (χ1n) is 10.3. The molecule has 3 N–H and O–H groups in total. The Balaban J connectivity index is 1.82.